The van der Waals surface area contributed by atoms with Crippen LogP contribution in [0.1, 0.15) is 59.8 Å². The summed E-state index contributed by atoms with van der Waals surface area (Å²) in [5.41, 5.74) is 4.88. The Kier molecular flexibility index (Phi) is 8.53. The van der Waals surface area contributed by atoms with Crippen molar-refractivity contribution in [3.8, 4) is 0 Å². The van der Waals surface area contributed by atoms with Crippen molar-refractivity contribution in [1.29, 1.82) is 0 Å². The van der Waals surface area contributed by atoms with Crippen LogP contribution in [-0.4, -0.2) is 7.05 Å². The first-order valence-electron chi connectivity index (χ1n) is 7.21. The Morgan fingerprint density at radius 3 is 2.17 bits per heavy atom. The molecule has 0 aromatic carbocycles. The van der Waals surface area contributed by atoms with Gasteiger partial charge in [-0.1, -0.05) is 58.8 Å². The number of unbranched alkanes of at least 4 members (excludes halogenated alkanes) is 3. The number of hydrogen-bond donors (Lipinski definition) is 1. The summed E-state index contributed by atoms with van der Waals surface area (Å²) in [6, 6.07) is 0. The molecule has 0 saturated carbocycles. The van der Waals surface area contributed by atoms with Crippen LogP contribution in [0, 0.1) is 5.92 Å². The smallest absolute Gasteiger partial charge is 0.0334 e. The summed E-state index contributed by atoms with van der Waals surface area (Å²) >= 11 is 0. The molecule has 1 nitrogen and oxygen atoms in total. The Hall–Kier alpha value is -0.980. The topological polar surface area (TPSA) is 12.0 Å². The molecule has 0 aliphatic rings. The SMILES string of the molecule is C=C(NC)C(=C)/C(CCCCCC)=C(\C)C(C)C. The highest BCUT2D eigenvalue weighted by molar-refractivity contribution is 5.44. The zero-order valence-corrected chi connectivity index (χ0v) is 13.0. The molecule has 0 aliphatic heterocycles. The van der Waals surface area contributed by atoms with Gasteiger partial charge in [0.1, 0.15) is 0 Å². The van der Waals surface area contributed by atoms with Crippen molar-refractivity contribution in [3.05, 3.63) is 35.6 Å². The molecule has 0 fully saturated rings. The van der Waals surface area contributed by atoms with Crippen LogP contribution in [0.3, 0.4) is 0 Å². The molecule has 0 atom stereocenters. The van der Waals surface area contributed by atoms with Gasteiger partial charge in [0.05, 0.1) is 0 Å². The molecule has 0 unspecified atom stereocenters. The average Bonchev–Trinajstić information content (AvgIpc) is 2.36. The highest BCUT2D eigenvalue weighted by atomic mass is 14.8. The van der Waals surface area contributed by atoms with Crippen LogP contribution >= 0.6 is 0 Å². The van der Waals surface area contributed by atoms with Gasteiger partial charge in [0.25, 0.3) is 0 Å². The fourth-order valence-corrected chi connectivity index (χ4v) is 2.00. The quantitative estimate of drug-likeness (QED) is 0.436. The van der Waals surface area contributed by atoms with E-state index in [0.29, 0.717) is 5.92 Å². The molecule has 1 N–H and O–H groups in total. The number of hydrogen-bond acceptors (Lipinski definition) is 1. The van der Waals surface area contributed by atoms with E-state index < -0.39 is 0 Å². The first kappa shape index (κ1) is 17.0. The molecule has 0 aliphatic carbocycles. The minimum Gasteiger partial charge on any atom is -0.388 e. The van der Waals surface area contributed by atoms with Crippen LogP contribution in [0.15, 0.2) is 35.6 Å². The first-order chi connectivity index (χ1) is 8.45. The largest absolute Gasteiger partial charge is 0.388 e. The lowest BCUT2D eigenvalue weighted by Crippen LogP contribution is -2.10. The molecular weight excluding hydrogens is 218 g/mol. The normalized spacial score (nSPS) is 12.3. The summed E-state index contributed by atoms with van der Waals surface area (Å²) < 4.78 is 0. The molecule has 0 aromatic heterocycles. The molecule has 0 rings (SSSR count). The van der Waals surface area contributed by atoms with Crippen LogP contribution < -0.4 is 5.32 Å². The third-order valence-electron chi connectivity index (χ3n) is 3.65. The van der Waals surface area contributed by atoms with E-state index in [0.717, 1.165) is 17.7 Å². The molecule has 0 aromatic rings. The molecular formula is C17H31N. The summed E-state index contributed by atoms with van der Waals surface area (Å²) in [5, 5.41) is 3.11. The van der Waals surface area contributed by atoms with Crippen molar-refractivity contribution in [2.24, 2.45) is 5.92 Å². The molecule has 18 heavy (non-hydrogen) atoms. The van der Waals surface area contributed by atoms with E-state index in [4.69, 9.17) is 0 Å². The van der Waals surface area contributed by atoms with E-state index in [1.165, 1.54) is 36.8 Å². The molecule has 104 valence electrons. The average molecular weight is 249 g/mol. The highest BCUT2D eigenvalue weighted by Gasteiger charge is 2.11. The number of allylic oxidation sites excluding steroid dienone is 2. The maximum atomic E-state index is 4.21. The monoisotopic (exact) mass is 249 g/mol. The van der Waals surface area contributed by atoms with Crippen LogP contribution in [0.25, 0.3) is 0 Å². The van der Waals surface area contributed by atoms with Gasteiger partial charge in [0.15, 0.2) is 0 Å². The number of rotatable bonds is 9. The Bertz CT molecular complexity index is 308. The Labute approximate surface area is 114 Å². The van der Waals surface area contributed by atoms with E-state index in [2.05, 4.69) is 46.2 Å². The van der Waals surface area contributed by atoms with Gasteiger partial charge in [-0.05, 0) is 36.8 Å². The van der Waals surface area contributed by atoms with Crippen molar-refractivity contribution in [2.75, 3.05) is 7.05 Å². The minimum atomic E-state index is 0.576. The van der Waals surface area contributed by atoms with Gasteiger partial charge >= 0.3 is 0 Å². The minimum absolute atomic E-state index is 0.576. The van der Waals surface area contributed by atoms with Crippen LogP contribution in [0.2, 0.25) is 0 Å². The molecule has 0 saturated heterocycles. The van der Waals surface area contributed by atoms with Gasteiger partial charge < -0.3 is 5.32 Å². The second kappa shape index (κ2) is 9.02. The summed E-state index contributed by atoms with van der Waals surface area (Å²) in [4.78, 5) is 0. The van der Waals surface area contributed by atoms with Crippen molar-refractivity contribution in [1.82, 2.24) is 5.32 Å². The van der Waals surface area contributed by atoms with E-state index >= 15 is 0 Å². The third kappa shape index (κ3) is 5.57. The lowest BCUT2D eigenvalue weighted by Gasteiger charge is -2.19. The van der Waals surface area contributed by atoms with Crippen LogP contribution in [0.4, 0.5) is 0 Å². The van der Waals surface area contributed by atoms with Crippen molar-refractivity contribution >= 4 is 0 Å². The maximum absolute atomic E-state index is 4.21. The van der Waals surface area contributed by atoms with Crippen molar-refractivity contribution < 1.29 is 0 Å². The third-order valence-corrected chi connectivity index (χ3v) is 3.65. The van der Waals surface area contributed by atoms with E-state index in [-0.39, 0.29) is 0 Å². The lowest BCUT2D eigenvalue weighted by atomic mass is 9.89. The molecule has 0 bridgehead atoms. The molecule has 0 amide bonds. The van der Waals surface area contributed by atoms with Gasteiger partial charge in [-0.15, -0.1) is 0 Å². The van der Waals surface area contributed by atoms with Gasteiger partial charge in [0.2, 0.25) is 0 Å². The van der Waals surface area contributed by atoms with Gasteiger partial charge in [-0.2, -0.15) is 0 Å². The van der Waals surface area contributed by atoms with Gasteiger partial charge in [-0.25, -0.2) is 0 Å². The van der Waals surface area contributed by atoms with Gasteiger partial charge in [0, 0.05) is 12.7 Å². The molecule has 0 heterocycles. The van der Waals surface area contributed by atoms with Crippen molar-refractivity contribution in [2.45, 2.75) is 59.8 Å². The second-order valence-electron chi connectivity index (χ2n) is 5.33. The maximum Gasteiger partial charge on any atom is 0.0334 e. The van der Waals surface area contributed by atoms with E-state index in [1.807, 2.05) is 7.05 Å². The summed E-state index contributed by atoms with van der Waals surface area (Å²) in [6.07, 6.45) is 6.30. The molecule has 0 spiro atoms. The number of nitrogens with one attached hydrogen (secondary N) is 1. The van der Waals surface area contributed by atoms with E-state index in [1.54, 1.807) is 0 Å². The predicted molar refractivity (Wildman–Crippen MR) is 83.6 cm³/mol. The Morgan fingerprint density at radius 1 is 1.11 bits per heavy atom. The van der Waals surface area contributed by atoms with Crippen LogP contribution in [-0.2, 0) is 0 Å². The standard InChI is InChI=1S/C17H31N/c1-8-9-10-11-12-17(14(4)13(2)3)15(5)16(6)18-7/h13,18H,5-6,8-12H2,1-4,7H3/b17-14+. The number of likely N-dealkylation sites (N-methyl/N-ethyl adjacent to an activating group) is 1. The summed E-state index contributed by atoms with van der Waals surface area (Å²) in [5.74, 6) is 0.576. The van der Waals surface area contributed by atoms with Gasteiger partial charge in [-0.3, -0.25) is 0 Å². The fourth-order valence-electron chi connectivity index (χ4n) is 2.00. The lowest BCUT2D eigenvalue weighted by molar-refractivity contribution is 0.655. The van der Waals surface area contributed by atoms with Crippen molar-refractivity contribution in [3.63, 3.8) is 0 Å². The zero-order valence-electron chi connectivity index (χ0n) is 13.0. The summed E-state index contributed by atoms with van der Waals surface area (Å²) in [7, 11) is 1.91. The Morgan fingerprint density at radius 2 is 1.72 bits per heavy atom. The van der Waals surface area contributed by atoms with E-state index in [9.17, 15) is 0 Å². The Balaban J connectivity index is 4.80. The predicted octanol–water partition coefficient (Wildman–Crippen LogP) is 5.22. The zero-order chi connectivity index (χ0) is 14.1. The fraction of sp³-hybridized carbons (Fsp3) is 0.647. The second-order valence-corrected chi connectivity index (χ2v) is 5.33. The summed E-state index contributed by atoms with van der Waals surface area (Å²) in [6.45, 7) is 17.2. The molecule has 0 radical (unpaired) electrons. The van der Waals surface area contributed by atoms with Crippen LogP contribution in [0.5, 0.6) is 0 Å². The molecule has 1 heteroatoms. The first-order valence-corrected chi connectivity index (χ1v) is 7.21. The highest BCUT2D eigenvalue weighted by Crippen LogP contribution is 2.27.